The summed E-state index contributed by atoms with van der Waals surface area (Å²) in [6.07, 6.45) is 1.89. The molecule has 11 nitrogen and oxygen atoms in total. The van der Waals surface area contributed by atoms with Gasteiger partial charge in [0.25, 0.3) is 0 Å². The molecule has 3 unspecified atom stereocenters. The summed E-state index contributed by atoms with van der Waals surface area (Å²) in [5, 5.41) is 7.17. The van der Waals surface area contributed by atoms with E-state index in [-0.39, 0.29) is 43.9 Å². The highest BCUT2D eigenvalue weighted by atomic mass is 16.7. The van der Waals surface area contributed by atoms with Gasteiger partial charge in [-0.3, -0.25) is 9.69 Å². The molecule has 11 heteroatoms. The molecular weight excluding hydrogens is 468 g/mol. The number of hydrogen-bond acceptors (Lipinski definition) is 9. The third-order valence-corrected chi connectivity index (χ3v) is 7.19. The van der Waals surface area contributed by atoms with Crippen molar-refractivity contribution in [2.45, 2.75) is 37.8 Å². The van der Waals surface area contributed by atoms with Crippen molar-refractivity contribution >= 4 is 11.9 Å². The maximum Gasteiger partial charge on any atom is 0.324 e. The number of ether oxygens (including phenoxy) is 4. The first kappa shape index (κ1) is 21.0. The zero-order valence-electron chi connectivity index (χ0n) is 19.1. The van der Waals surface area contributed by atoms with Crippen LogP contribution in [0.3, 0.4) is 0 Å². The fourth-order valence-corrected chi connectivity index (χ4v) is 5.31. The molecule has 1 aromatic heterocycles. The van der Waals surface area contributed by atoms with E-state index in [1.807, 2.05) is 24.3 Å². The number of urea groups is 1. The number of nitrogens with one attached hydrogen (secondary N) is 1. The second-order valence-corrected chi connectivity index (χ2v) is 9.31. The average Bonchev–Trinajstić information content (AvgIpc) is 3.66. The molecule has 36 heavy (non-hydrogen) atoms. The first-order valence-corrected chi connectivity index (χ1v) is 11.9. The molecule has 0 spiro atoms. The Bertz CT molecular complexity index is 1370. The molecule has 0 radical (unpaired) electrons. The third kappa shape index (κ3) is 3.50. The lowest BCUT2D eigenvalue weighted by atomic mass is 9.76. The number of benzene rings is 2. The molecule has 4 heterocycles. The van der Waals surface area contributed by atoms with Crippen LogP contribution in [0.2, 0.25) is 0 Å². The molecular formula is C25H22N4O7. The minimum absolute atomic E-state index is 0.0463. The zero-order valence-corrected chi connectivity index (χ0v) is 19.1. The molecule has 4 aliphatic rings. The molecule has 1 saturated heterocycles. The van der Waals surface area contributed by atoms with E-state index in [1.165, 1.54) is 4.90 Å². The highest BCUT2D eigenvalue weighted by Crippen LogP contribution is 2.40. The number of fused-ring (bicyclic) bond motifs is 3. The second kappa shape index (κ2) is 8.14. The summed E-state index contributed by atoms with van der Waals surface area (Å²) >= 11 is 0. The van der Waals surface area contributed by atoms with E-state index in [4.69, 9.17) is 23.5 Å². The monoisotopic (exact) mass is 490 g/mol. The molecule has 0 bridgehead atoms. The van der Waals surface area contributed by atoms with Crippen molar-refractivity contribution in [2.24, 2.45) is 5.92 Å². The molecule has 7 rings (SSSR count). The van der Waals surface area contributed by atoms with Crippen molar-refractivity contribution in [3.8, 4) is 34.4 Å². The summed E-state index contributed by atoms with van der Waals surface area (Å²) in [5.41, 5.74) is 1.57. The van der Waals surface area contributed by atoms with Gasteiger partial charge in [0.05, 0.1) is 12.5 Å². The van der Waals surface area contributed by atoms with Crippen LogP contribution in [-0.2, 0) is 11.3 Å². The molecule has 1 aliphatic carbocycles. The summed E-state index contributed by atoms with van der Waals surface area (Å²) in [4.78, 5) is 32.0. The van der Waals surface area contributed by atoms with Crippen LogP contribution in [0.15, 0.2) is 40.9 Å². The van der Waals surface area contributed by atoms with Crippen molar-refractivity contribution in [3.63, 3.8) is 0 Å². The topological polar surface area (TPSA) is 125 Å². The predicted molar refractivity (Wildman–Crippen MR) is 121 cm³/mol. The first-order chi connectivity index (χ1) is 17.6. The van der Waals surface area contributed by atoms with Gasteiger partial charge in [0.2, 0.25) is 31.2 Å². The van der Waals surface area contributed by atoms with Gasteiger partial charge in [-0.2, -0.15) is 4.98 Å². The second-order valence-electron chi connectivity index (χ2n) is 9.31. The molecule has 3 amide bonds. The quantitative estimate of drug-likeness (QED) is 0.587. The Morgan fingerprint density at radius 1 is 0.917 bits per heavy atom. The summed E-state index contributed by atoms with van der Waals surface area (Å²) in [5.74, 6) is 3.09. The summed E-state index contributed by atoms with van der Waals surface area (Å²) < 4.78 is 27.1. The van der Waals surface area contributed by atoms with Crippen LogP contribution in [-0.4, -0.2) is 46.6 Å². The standard InChI is InChI=1S/C25H22N4O7/c30-24-16-4-2-15(23-27-22(28-36-23)14-3-6-19-21(9-14)35-12-33-19)8-17(16)26-25(31)29(24)10-13-1-5-18-20(7-13)34-11-32-18/h1,3,5-7,9,15-17H,2,4,8,10-12H2,(H,26,31). The highest BCUT2D eigenvalue weighted by Gasteiger charge is 2.45. The van der Waals surface area contributed by atoms with Gasteiger partial charge in [-0.05, 0) is 55.2 Å². The van der Waals surface area contributed by atoms with E-state index in [1.54, 1.807) is 12.1 Å². The van der Waals surface area contributed by atoms with Crippen molar-refractivity contribution in [2.75, 3.05) is 13.6 Å². The van der Waals surface area contributed by atoms with E-state index in [9.17, 15) is 9.59 Å². The normalized spacial score (nSPS) is 24.0. The largest absolute Gasteiger partial charge is 0.454 e. The van der Waals surface area contributed by atoms with Crippen LogP contribution in [0.25, 0.3) is 11.4 Å². The predicted octanol–water partition coefficient (Wildman–Crippen LogP) is 3.20. The highest BCUT2D eigenvalue weighted by molar-refractivity contribution is 5.98. The Balaban J connectivity index is 1.04. The SMILES string of the molecule is O=C1NC2CC(c3nc(-c4ccc5c(c4)OCO5)no3)CCC2C(=O)N1Cc1ccc2c(c1)OCO2. The first-order valence-electron chi connectivity index (χ1n) is 11.9. The number of imide groups is 1. The van der Waals surface area contributed by atoms with Gasteiger partial charge < -0.3 is 28.8 Å². The van der Waals surface area contributed by atoms with Crippen molar-refractivity contribution in [1.82, 2.24) is 20.4 Å². The van der Waals surface area contributed by atoms with Crippen molar-refractivity contribution in [3.05, 3.63) is 47.9 Å². The molecule has 3 aliphatic heterocycles. The molecule has 1 saturated carbocycles. The number of carbonyl (C=O) groups is 2. The average molecular weight is 490 g/mol. The van der Waals surface area contributed by atoms with Gasteiger partial charge in [0.15, 0.2) is 23.0 Å². The number of hydrogen-bond donors (Lipinski definition) is 1. The van der Waals surface area contributed by atoms with E-state index >= 15 is 0 Å². The van der Waals surface area contributed by atoms with Crippen LogP contribution in [0.1, 0.15) is 36.6 Å². The minimum Gasteiger partial charge on any atom is -0.454 e. The lowest BCUT2D eigenvalue weighted by Crippen LogP contribution is -2.60. The smallest absolute Gasteiger partial charge is 0.324 e. The molecule has 1 N–H and O–H groups in total. The van der Waals surface area contributed by atoms with E-state index < -0.39 is 6.03 Å². The maximum absolute atomic E-state index is 13.3. The van der Waals surface area contributed by atoms with Crippen molar-refractivity contribution in [1.29, 1.82) is 0 Å². The van der Waals surface area contributed by atoms with Crippen molar-refractivity contribution < 1.29 is 33.1 Å². The van der Waals surface area contributed by atoms with Crippen LogP contribution in [0.5, 0.6) is 23.0 Å². The van der Waals surface area contributed by atoms with Crippen LogP contribution < -0.4 is 24.3 Å². The van der Waals surface area contributed by atoms with Crippen LogP contribution in [0, 0.1) is 5.92 Å². The lowest BCUT2D eigenvalue weighted by Gasteiger charge is -2.41. The number of rotatable bonds is 4. The Morgan fingerprint density at radius 2 is 1.67 bits per heavy atom. The number of nitrogens with zero attached hydrogens (tertiary/aromatic N) is 3. The van der Waals surface area contributed by atoms with Gasteiger partial charge in [0.1, 0.15) is 0 Å². The Morgan fingerprint density at radius 3 is 2.50 bits per heavy atom. The van der Waals surface area contributed by atoms with E-state index in [0.717, 1.165) is 11.1 Å². The number of carbonyl (C=O) groups excluding carboxylic acids is 2. The van der Waals surface area contributed by atoms with Gasteiger partial charge in [-0.1, -0.05) is 11.2 Å². The zero-order chi connectivity index (χ0) is 24.2. The van der Waals surface area contributed by atoms with Gasteiger partial charge in [-0.25, -0.2) is 4.79 Å². The Labute approximate surface area is 205 Å². The molecule has 2 aromatic carbocycles. The maximum atomic E-state index is 13.3. The number of aromatic nitrogens is 2. The number of amides is 3. The van der Waals surface area contributed by atoms with Crippen LogP contribution in [0.4, 0.5) is 4.79 Å². The lowest BCUT2D eigenvalue weighted by molar-refractivity contribution is -0.137. The molecule has 2 fully saturated rings. The molecule has 3 aromatic rings. The Hall–Kier alpha value is -4.28. The van der Waals surface area contributed by atoms with Crippen LogP contribution >= 0.6 is 0 Å². The van der Waals surface area contributed by atoms with E-state index in [0.29, 0.717) is 54.0 Å². The minimum atomic E-state index is -0.397. The molecule has 184 valence electrons. The molecule has 3 atom stereocenters. The Kier molecular flexibility index (Phi) is 4.76. The van der Waals surface area contributed by atoms with Gasteiger partial charge >= 0.3 is 6.03 Å². The van der Waals surface area contributed by atoms with Gasteiger partial charge in [0, 0.05) is 17.5 Å². The van der Waals surface area contributed by atoms with Gasteiger partial charge in [-0.15, -0.1) is 0 Å². The summed E-state index contributed by atoms with van der Waals surface area (Å²) in [6, 6.07) is 10.3. The summed E-state index contributed by atoms with van der Waals surface area (Å²) in [6.45, 7) is 0.543. The fraction of sp³-hybridized carbons (Fsp3) is 0.360. The third-order valence-electron chi connectivity index (χ3n) is 7.19. The summed E-state index contributed by atoms with van der Waals surface area (Å²) in [7, 11) is 0. The fourth-order valence-electron chi connectivity index (χ4n) is 5.31. The van der Waals surface area contributed by atoms with E-state index in [2.05, 4.69) is 15.5 Å².